The summed E-state index contributed by atoms with van der Waals surface area (Å²) < 4.78 is 41.2. The number of hydrazone groups is 1. The average molecular weight is 447 g/mol. The number of nitrogens with zero attached hydrogens (tertiary/aromatic N) is 3. The van der Waals surface area contributed by atoms with Gasteiger partial charge in [0.05, 0.1) is 10.6 Å². The molecule has 2 aromatic carbocycles. The van der Waals surface area contributed by atoms with E-state index in [1.165, 1.54) is 40.7 Å². The van der Waals surface area contributed by atoms with Crippen LogP contribution in [0.5, 0.6) is 5.75 Å². The standard InChI is InChI=1S/C21H23FN4O4S/c1-25-9-11-26(12-10-25)31(29,30)15-4-2-3-14(13-15)21(28)24-23-18-7-5-16-17(22)6-8-19(27)20(16)18/h2-4,6,8,13,27H,5,7,9-12H2,1H3,(H,24,28)/b23-18-. The second-order valence-corrected chi connectivity index (χ2v) is 9.59. The normalized spacial score (nSPS) is 18.8. The van der Waals surface area contributed by atoms with Crippen molar-refractivity contribution >= 4 is 21.6 Å². The number of halogens is 1. The lowest BCUT2D eigenvalue weighted by atomic mass is 10.1. The van der Waals surface area contributed by atoms with Gasteiger partial charge in [0.1, 0.15) is 11.6 Å². The Bertz CT molecular complexity index is 1160. The minimum Gasteiger partial charge on any atom is -0.507 e. The minimum absolute atomic E-state index is 0.0447. The Morgan fingerprint density at radius 2 is 1.87 bits per heavy atom. The van der Waals surface area contributed by atoms with Crippen molar-refractivity contribution in [3.8, 4) is 5.75 Å². The molecule has 0 unspecified atom stereocenters. The molecule has 1 heterocycles. The zero-order chi connectivity index (χ0) is 22.2. The second-order valence-electron chi connectivity index (χ2n) is 7.65. The monoisotopic (exact) mass is 446 g/mol. The Morgan fingerprint density at radius 3 is 2.61 bits per heavy atom. The van der Waals surface area contributed by atoms with Gasteiger partial charge >= 0.3 is 0 Å². The largest absolute Gasteiger partial charge is 0.507 e. The van der Waals surface area contributed by atoms with E-state index in [9.17, 15) is 22.7 Å². The zero-order valence-electron chi connectivity index (χ0n) is 17.0. The number of nitrogens with one attached hydrogen (secondary N) is 1. The van der Waals surface area contributed by atoms with Crippen LogP contribution in [0.15, 0.2) is 46.4 Å². The van der Waals surface area contributed by atoms with Crippen LogP contribution in [0.2, 0.25) is 0 Å². The first-order valence-electron chi connectivity index (χ1n) is 9.94. The lowest BCUT2D eigenvalue weighted by Gasteiger charge is -2.31. The van der Waals surface area contributed by atoms with Gasteiger partial charge in [-0.25, -0.2) is 18.2 Å². The maximum Gasteiger partial charge on any atom is 0.271 e. The van der Waals surface area contributed by atoms with Gasteiger partial charge in [0, 0.05) is 42.9 Å². The van der Waals surface area contributed by atoms with Crippen molar-refractivity contribution in [2.45, 2.75) is 17.7 Å². The molecule has 31 heavy (non-hydrogen) atoms. The van der Waals surface area contributed by atoms with E-state index in [2.05, 4.69) is 15.4 Å². The van der Waals surface area contributed by atoms with Crippen LogP contribution in [0, 0.1) is 5.82 Å². The van der Waals surface area contributed by atoms with E-state index in [1.807, 2.05) is 7.05 Å². The van der Waals surface area contributed by atoms with Gasteiger partial charge in [-0.3, -0.25) is 4.79 Å². The lowest BCUT2D eigenvalue weighted by Crippen LogP contribution is -2.47. The van der Waals surface area contributed by atoms with Crippen LogP contribution in [-0.4, -0.2) is 67.6 Å². The topological polar surface area (TPSA) is 102 Å². The molecule has 4 rings (SSSR count). The Hall–Kier alpha value is -2.82. The summed E-state index contributed by atoms with van der Waals surface area (Å²) in [4.78, 5) is 14.7. The summed E-state index contributed by atoms with van der Waals surface area (Å²) >= 11 is 0. The van der Waals surface area contributed by atoms with Crippen LogP contribution >= 0.6 is 0 Å². The number of sulfonamides is 1. The molecule has 0 saturated carbocycles. The summed E-state index contributed by atoms with van der Waals surface area (Å²) in [6.45, 7) is 2.07. The highest BCUT2D eigenvalue weighted by Crippen LogP contribution is 2.32. The molecule has 1 saturated heterocycles. The third-order valence-electron chi connectivity index (χ3n) is 5.62. The fourth-order valence-corrected chi connectivity index (χ4v) is 5.28. The number of carbonyl (C=O) groups excluding carboxylic acids is 1. The number of likely N-dealkylation sites (N-methyl/N-ethyl adjacent to an activating group) is 1. The molecule has 1 aliphatic heterocycles. The van der Waals surface area contributed by atoms with Crippen molar-refractivity contribution in [2.75, 3.05) is 33.2 Å². The maximum atomic E-state index is 13.9. The third-order valence-corrected chi connectivity index (χ3v) is 7.52. The van der Waals surface area contributed by atoms with E-state index >= 15 is 0 Å². The first-order valence-corrected chi connectivity index (χ1v) is 11.4. The summed E-state index contributed by atoms with van der Waals surface area (Å²) in [5.41, 5.74) is 3.58. The maximum absolute atomic E-state index is 13.9. The van der Waals surface area contributed by atoms with Gasteiger partial charge in [0.25, 0.3) is 5.91 Å². The summed E-state index contributed by atoms with van der Waals surface area (Å²) in [5, 5.41) is 14.1. The van der Waals surface area contributed by atoms with Crippen molar-refractivity contribution in [1.82, 2.24) is 14.6 Å². The fourth-order valence-electron chi connectivity index (χ4n) is 3.81. The first-order chi connectivity index (χ1) is 14.8. The molecule has 0 bridgehead atoms. The van der Waals surface area contributed by atoms with E-state index < -0.39 is 21.7 Å². The molecule has 2 aromatic rings. The molecule has 8 nitrogen and oxygen atoms in total. The van der Waals surface area contributed by atoms with Crippen molar-refractivity contribution in [3.05, 3.63) is 58.9 Å². The molecule has 1 amide bonds. The second kappa shape index (κ2) is 8.37. The third kappa shape index (κ3) is 4.18. The summed E-state index contributed by atoms with van der Waals surface area (Å²) in [7, 11) is -1.77. The number of aromatic hydroxyl groups is 1. The zero-order valence-corrected chi connectivity index (χ0v) is 17.8. The number of fused-ring (bicyclic) bond motifs is 1. The van der Waals surface area contributed by atoms with E-state index in [-0.39, 0.29) is 16.2 Å². The van der Waals surface area contributed by atoms with E-state index in [0.29, 0.717) is 55.9 Å². The molecule has 0 spiro atoms. The van der Waals surface area contributed by atoms with Gasteiger partial charge in [0.15, 0.2) is 0 Å². The predicted molar refractivity (Wildman–Crippen MR) is 113 cm³/mol. The SMILES string of the molecule is CN1CCN(S(=O)(=O)c2cccc(C(=O)N/N=C3/CCc4c(F)ccc(O)c43)c2)CC1. The smallest absolute Gasteiger partial charge is 0.271 e. The van der Waals surface area contributed by atoms with Crippen molar-refractivity contribution in [2.24, 2.45) is 5.10 Å². The quantitative estimate of drug-likeness (QED) is 0.694. The highest BCUT2D eigenvalue weighted by atomic mass is 32.2. The average Bonchev–Trinajstić information content (AvgIpc) is 3.20. The van der Waals surface area contributed by atoms with Gasteiger partial charge in [-0.15, -0.1) is 0 Å². The highest BCUT2D eigenvalue weighted by Gasteiger charge is 2.28. The number of phenols is 1. The number of hydrogen-bond donors (Lipinski definition) is 2. The van der Waals surface area contributed by atoms with Gasteiger partial charge < -0.3 is 10.0 Å². The highest BCUT2D eigenvalue weighted by molar-refractivity contribution is 7.89. The molecule has 1 fully saturated rings. The number of amides is 1. The molecule has 0 atom stereocenters. The van der Waals surface area contributed by atoms with Gasteiger partial charge in [-0.2, -0.15) is 9.41 Å². The molecule has 10 heteroatoms. The van der Waals surface area contributed by atoms with Crippen molar-refractivity contribution in [1.29, 1.82) is 0 Å². The molecular formula is C21H23FN4O4S. The summed E-state index contributed by atoms with van der Waals surface area (Å²) in [5.74, 6) is -1.11. The molecule has 2 aliphatic rings. The molecule has 164 valence electrons. The van der Waals surface area contributed by atoms with Gasteiger partial charge in [-0.1, -0.05) is 6.07 Å². The Balaban J connectivity index is 1.53. The molecule has 1 aliphatic carbocycles. The minimum atomic E-state index is -3.71. The number of rotatable bonds is 4. The predicted octanol–water partition coefficient (Wildman–Crippen LogP) is 1.55. The summed E-state index contributed by atoms with van der Waals surface area (Å²) in [6.07, 6.45) is 0.755. The number of piperazine rings is 1. The molecule has 0 aromatic heterocycles. The number of phenolic OH excluding ortho intramolecular Hbond substituents is 1. The Morgan fingerprint density at radius 1 is 1.13 bits per heavy atom. The lowest BCUT2D eigenvalue weighted by molar-refractivity contribution is 0.0954. The number of carbonyl (C=O) groups is 1. The molecule has 2 N–H and O–H groups in total. The van der Waals surface area contributed by atoms with Crippen molar-refractivity contribution < 1.29 is 22.7 Å². The summed E-state index contributed by atoms with van der Waals surface area (Å²) in [6, 6.07) is 8.24. The van der Waals surface area contributed by atoms with Crippen LogP contribution in [0.25, 0.3) is 0 Å². The molecular weight excluding hydrogens is 423 g/mol. The Kier molecular flexibility index (Phi) is 5.78. The van der Waals surface area contributed by atoms with Crippen LogP contribution in [-0.2, 0) is 16.4 Å². The fraction of sp³-hybridized carbons (Fsp3) is 0.333. The van der Waals surface area contributed by atoms with E-state index in [0.717, 1.165) is 0 Å². The van der Waals surface area contributed by atoms with Crippen LogP contribution in [0.4, 0.5) is 4.39 Å². The van der Waals surface area contributed by atoms with E-state index in [4.69, 9.17) is 0 Å². The van der Waals surface area contributed by atoms with Gasteiger partial charge in [0.2, 0.25) is 10.0 Å². The van der Waals surface area contributed by atoms with Gasteiger partial charge in [-0.05, 0) is 50.2 Å². The number of hydrogen-bond acceptors (Lipinski definition) is 6. The van der Waals surface area contributed by atoms with E-state index in [1.54, 1.807) is 0 Å². The Labute approximate surface area is 180 Å². The number of benzene rings is 2. The van der Waals surface area contributed by atoms with Crippen LogP contribution in [0.3, 0.4) is 0 Å². The molecule has 0 radical (unpaired) electrons. The van der Waals surface area contributed by atoms with Crippen LogP contribution in [0.1, 0.15) is 27.9 Å². The van der Waals surface area contributed by atoms with Crippen LogP contribution < -0.4 is 5.43 Å². The van der Waals surface area contributed by atoms with Crippen molar-refractivity contribution in [3.63, 3.8) is 0 Å². The first kappa shape index (κ1) is 21.4.